The van der Waals surface area contributed by atoms with Crippen molar-refractivity contribution in [1.29, 1.82) is 0 Å². The number of ether oxygens (including phenoxy) is 1. The van der Waals surface area contributed by atoms with E-state index in [9.17, 15) is 4.39 Å². The Morgan fingerprint density at radius 3 is 2.68 bits per heavy atom. The van der Waals surface area contributed by atoms with Crippen molar-refractivity contribution in [3.8, 4) is 5.75 Å². The van der Waals surface area contributed by atoms with Gasteiger partial charge in [0, 0.05) is 6.07 Å². The Morgan fingerprint density at radius 1 is 1.16 bits per heavy atom. The first-order valence-corrected chi connectivity index (χ1v) is 7.40. The number of hydrogen-bond acceptors (Lipinski definition) is 2. The molecule has 0 aliphatic rings. The predicted molar refractivity (Wildman–Crippen MR) is 78.5 cm³/mol. The second-order valence-electron chi connectivity index (χ2n) is 4.59. The van der Waals surface area contributed by atoms with E-state index in [1.807, 2.05) is 0 Å². The van der Waals surface area contributed by atoms with Crippen molar-refractivity contribution in [3.05, 3.63) is 29.0 Å². The Kier molecular flexibility index (Phi) is 8.59. The summed E-state index contributed by atoms with van der Waals surface area (Å²) in [6.45, 7) is 5.03. The summed E-state index contributed by atoms with van der Waals surface area (Å²) in [6.07, 6.45) is 5.78. The molecule has 0 spiro atoms. The molecule has 0 fully saturated rings. The van der Waals surface area contributed by atoms with E-state index in [1.165, 1.54) is 31.4 Å². The third-order valence-corrected chi connectivity index (χ3v) is 3.12. The second kappa shape index (κ2) is 10.0. The summed E-state index contributed by atoms with van der Waals surface area (Å²) in [5, 5.41) is 3.49. The highest BCUT2D eigenvalue weighted by molar-refractivity contribution is 6.30. The summed E-state index contributed by atoms with van der Waals surface area (Å²) in [6, 6.07) is 4.46. The molecule has 0 saturated heterocycles. The zero-order valence-electron chi connectivity index (χ0n) is 11.6. The fourth-order valence-corrected chi connectivity index (χ4v) is 1.93. The van der Waals surface area contributed by atoms with Crippen molar-refractivity contribution >= 4 is 11.6 Å². The summed E-state index contributed by atoms with van der Waals surface area (Å²) < 4.78 is 18.4. The number of unbranched alkanes of at least 4 members (excludes halogenated alkanes) is 3. The maximum Gasteiger partial charge on any atom is 0.142 e. The zero-order chi connectivity index (χ0) is 13.9. The van der Waals surface area contributed by atoms with Gasteiger partial charge in [0.25, 0.3) is 0 Å². The highest BCUT2D eigenvalue weighted by atomic mass is 35.5. The molecule has 4 heteroatoms. The summed E-state index contributed by atoms with van der Waals surface area (Å²) in [5.41, 5.74) is 0. The van der Waals surface area contributed by atoms with Crippen LogP contribution in [0.3, 0.4) is 0 Å². The number of halogens is 2. The highest BCUT2D eigenvalue weighted by Gasteiger charge is 2.01. The number of benzene rings is 1. The van der Waals surface area contributed by atoms with Crippen LogP contribution in [-0.4, -0.2) is 19.7 Å². The van der Waals surface area contributed by atoms with Gasteiger partial charge in [-0.25, -0.2) is 4.39 Å². The first kappa shape index (κ1) is 16.3. The van der Waals surface area contributed by atoms with Crippen molar-refractivity contribution in [2.45, 2.75) is 39.0 Å². The van der Waals surface area contributed by atoms with Crippen LogP contribution in [-0.2, 0) is 0 Å². The molecule has 0 heterocycles. The van der Waals surface area contributed by atoms with Crippen LogP contribution in [0.25, 0.3) is 0 Å². The summed E-state index contributed by atoms with van der Waals surface area (Å²) in [7, 11) is 0. The van der Waals surface area contributed by atoms with Crippen LogP contribution in [0.4, 0.5) is 4.39 Å². The Bertz CT molecular complexity index is 360. The molecule has 2 nitrogen and oxygen atoms in total. The van der Waals surface area contributed by atoms with Crippen LogP contribution in [0.5, 0.6) is 5.75 Å². The van der Waals surface area contributed by atoms with Gasteiger partial charge in [-0.15, -0.1) is 0 Å². The molecule has 0 atom stereocenters. The van der Waals surface area contributed by atoms with Crippen LogP contribution in [0.2, 0.25) is 5.02 Å². The third kappa shape index (κ3) is 7.38. The lowest BCUT2D eigenvalue weighted by Crippen LogP contribution is -2.15. The highest BCUT2D eigenvalue weighted by Crippen LogP contribution is 2.21. The first-order valence-electron chi connectivity index (χ1n) is 7.02. The van der Waals surface area contributed by atoms with E-state index < -0.39 is 5.82 Å². The minimum absolute atomic E-state index is 0.111. The average molecular weight is 288 g/mol. The van der Waals surface area contributed by atoms with Gasteiger partial charge in [0.05, 0.1) is 11.6 Å². The molecule has 1 aromatic carbocycles. The molecule has 1 N–H and O–H groups in total. The molecule has 1 aromatic rings. The normalized spacial score (nSPS) is 10.7. The quantitative estimate of drug-likeness (QED) is 0.643. The van der Waals surface area contributed by atoms with Crippen LogP contribution in [0, 0.1) is 5.82 Å². The number of nitrogens with one attached hydrogen (secondary N) is 1. The van der Waals surface area contributed by atoms with Crippen molar-refractivity contribution in [3.63, 3.8) is 0 Å². The molecule has 0 radical (unpaired) electrons. The van der Waals surface area contributed by atoms with Gasteiger partial charge >= 0.3 is 0 Å². The first-order chi connectivity index (χ1) is 9.24. The van der Waals surface area contributed by atoms with Crippen molar-refractivity contribution in [2.75, 3.05) is 19.7 Å². The third-order valence-electron chi connectivity index (χ3n) is 2.83. The van der Waals surface area contributed by atoms with E-state index in [1.54, 1.807) is 6.07 Å². The average Bonchev–Trinajstić information content (AvgIpc) is 2.41. The topological polar surface area (TPSA) is 21.3 Å². The predicted octanol–water partition coefficient (Wildman–Crippen LogP) is 4.42. The molecule has 1 rings (SSSR count). The smallest absolute Gasteiger partial charge is 0.142 e. The molecule has 0 aromatic heterocycles. The van der Waals surface area contributed by atoms with Crippen molar-refractivity contribution < 1.29 is 9.13 Å². The summed E-state index contributed by atoms with van der Waals surface area (Å²) >= 11 is 5.67. The van der Waals surface area contributed by atoms with E-state index >= 15 is 0 Å². The molecule has 19 heavy (non-hydrogen) atoms. The van der Waals surface area contributed by atoms with Gasteiger partial charge in [0.2, 0.25) is 0 Å². The van der Waals surface area contributed by atoms with Gasteiger partial charge < -0.3 is 10.1 Å². The van der Waals surface area contributed by atoms with Gasteiger partial charge in [-0.2, -0.15) is 0 Å². The molecule has 0 aliphatic carbocycles. The molecule has 0 unspecified atom stereocenters. The number of hydrogen-bond donors (Lipinski definition) is 1. The monoisotopic (exact) mass is 287 g/mol. The van der Waals surface area contributed by atoms with Gasteiger partial charge in [-0.05, 0) is 44.5 Å². The second-order valence-corrected chi connectivity index (χ2v) is 5.00. The lowest BCUT2D eigenvalue weighted by Gasteiger charge is -2.07. The van der Waals surface area contributed by atoms with Crippen LogP contribution >= 0.6 is 11.6 Å². The zero-order valence-corrected chi connectivity index (χ0v) is 12.3. The van der Waals surface area contributed by atoms with E-state index in [-0.39, 0.29) is 5.02 Å². The molecular formula is C15H23ClFNO. The Labute approximate surface area is 120 Å². The van der Waals surface area contributed by atoms with Gasteiger partial charge in [0.1, 0.15) is 11.6 Å². The molecule has 0 saturated carbocycles. The van der Waals surface area contributed by atoms with Crippen molar-refractivity contribution in [2.24, 2.45) is 0 Å². The van der Waals surface area contributed by atoms with Gasteiger partial charge in [0.15, 0.2) is 0 Å². The Hall–Kier alpha value is -0.800. The van der Waals surface area contributed by atoms with E-state index in [4.69, 9.17) is 16.3 Å². The molecule has 0 amide bonds. The molecular weight excluding hydrogens is 265 g/mol. The molecule has 0 bridgehead atoms. The Balaban J connectivity index is 2.00. The van der Waals surface area contributed by atoms with Crippen LogP contribution < -0.4 is 10.1 Å². The summed E-state index contributed by atoms with van der Waals surface area (Å²) in [4.78, 5) is 0. The van der Waals surface area contributed by atoms with E-state index in [2.05, 4.69) is 12.2 Å². The van der Waals surface area contributed by atoms with E-state index in [0.29, 0.717) is 12.4 Å². The van der Waals surface area contributed by atoms with Crippen molar-refractivity contribution in [1.82, 2.24) is 5.32 Å². The fourth-order valence-electron chi connectivity index (χ4n) is 1.76. The fraction of sp³-hybridized carbons (Fsp3) is 0.600. The van der Waals surface area contributed by atoms with Crippen LogP contribution in [0.15, 0.2) is 18.2 Å². The van der Waals surface area contributed by atoms with Crippen LogP contribution in [0.1, 0.15) is 39.0 Å². The standard InChI is InChI=1S/C15H23ClFNO/c1-2-9-18-10-5-3-4-6-11-19-13-7-8-15(17)14(16)12-13/h7-8,12,18H,2-6,9-11H2,1H3. The molecule has 108 valence electrons. The maximum atomic E-state index is 12.9. The number of rotatable bonds is 10. The minimum Gasteiger partial charge on any atom is -0.494 e. The Morgan fingerprint density at radius 2 is 1.95 bits per heavy atom. The maximum absolute atomic E-state index is 12.9. The lowest BCUT2D eigenvalue weighted by molar-refractivity contribution is 0.304. The summed E-state index contributed by atoms with van der Waals surface area (Å²) in [5.74, 6) is 0.226. The largest absolute Gasteiger partial charge is 0.494 e. The van der Waals surface area contributed by atoms with Gasteiger partial charge in [-0.1, -0.05) is 31.4 Å². The van der Waals surface area contributed by atoms with Gasteiger partial charge in [-0.3, -0.25) is 0 Å². The minimum atomic E-state index is -0.409. The lowest BCUT2D eigenvalue weighted by atomic mass is 10.2. The molecule has 0 aliphatic heterocycles. The van der Waals surface area contributed by atoms with E-state index in [0.717, 1.165) is 25.9 Å². The SMILES string of the molecule is CCCNCCCCCCOc1ccc(F)c(Cl)c1.